The molecule has 0 atom stereocenters. The molecule has 2 aromatic rings. The summed E-state index contributed by atoms with van der Waals surface area (Å²) in [5, 5.41) is 0.993. The molecule has 1 nitrogen and oxygen atoms in total. The van der Waals surface area contributed by atoms with E-state index in [-0.39, 0.29) is 0 Å². The van der Waals surface area contributed by atoms with Gasteiger partial charge in [0.1, 0.15) is 11.5 Å². The Bertz CT molecular complexity index is 514. The van der Waals surface area contributed by atoms with Crippen LogP contribution in [0.4, 0.5) is 0 Å². The summed E-state index contributed by atoms with van der Waals surface area (Å²) in [5.41, 5.74) is 0. The molecule has 0 aliphatic heterocycles. The van der Waals surface area contributed by atoms with Crippen LogP contribution in [0.25, 0.3) is 0 Å². The molecule has 0 radical (unpaired) electrons. The van der Waals surface area contributed by atoms with Crippen molar-refractivity contribution >= 4 is 39.1 Å². The normalized spacial score (nSPS) is 10.2. The van der Waals surface area contributed by atoms with Gasteiger partial charge in [0, 0.05) is 6.07 Å². The number of halogens is 3. The van der Waals surface area contributed by atoms with Gasteiger partial charge < -0.3 is 4.74 Å². The fraction of sp³-hybridized carbons (Fsp3) is 0. The zero-order chi connectivity index (χ0) is 11.5. The third-order valence-corrected chi connectivity index (χ3v) is 3.35. The van der Waals surface area contributed by atoms with Crippen LogP contribution >= 0.6 is 39.1 Å². The molecule has 0 N–H and O–H groups in total. The summed E-state index contributed by atoms with van der Waals surface area (Å²) in [6.07, 6.45) is 0. The standard InChI is InChI=1S/C12H7BrCl2O/c13-9-3-1-2-4-12(9)16-8-5-6-10(14)11(15)7-8/h1-7H. The maximum atomic E-state index is 5.90. The van der Waals surface area contributed by atoms with Gasteiger partial charge in [0.05, 0.1) is 14.5 Å². The van der Waals surface area contributed by atoms with Crippen molar-refractivity contribution < 1.29 is 4.74 Å². The fourth-order valence-corrected chi connectivity index (χ4v) is 1.85. The monoisotopic (exact) mass is 316 g/mol. The summed E-state index contributed by atoms with van der Waals surface area (Å²) >= 11 is 15.1. The molecular formula is C12H7BrCl2O. The van der Waals surface area contributed by atoms with Gasteiger partial charge in [0.2, 0.25) is 0 Å². The lowest BCUT2D eigenvalue weighted by Crippen LogP contribution is -1.85. The van der Waals surface area contributed by atoms with Gasteiger partial charge in [-0.25, -0.2) is 0 Å². The second-order valence-corrected chi connectivity index (χ2v) is 4.78. The number of hydrogen-bond donors (Lipinski definition) is 0. The van der Waals surface area contributed by atoms with Crippen molar-refractivity contribution in [2.45, 2.75) is 0 Å². The Morgan fingerprint density at radius 1 is 0.938 bits per heavy atom. The van der Waals surface area contributed by atoms with E-state index in [4.69, 9.17) is 27.9 Å². The molecular weight excluding hydrogens is 311 g/mol. The van der Waals surface area contributed by atoms with Crippen molar-refractivity contribution in [3.63, 3.8) is 0 Å². The predicted molar refractivity (Wildman–Crippen MR) is 70.7 cm³/mol. The molecule has 0 aromatic heterocycles. The third-order valence-electron chi connectivity index (χ3n) is 1.96. The Morgan fingerprint density at radius 2 is 1.69 bits per heavy atom. The molecule has 0 spiro atoms. The summed E-state index contributed by atoms with van der Waals surface area (Å²) in [6, 6.07) is 12.8. The van der Waals surface area contributed by atoms with Gasteiger partial charge in [-0.1, -0.05) is 35.3 Å². The van der Waals surface area contributed by atoms with E-state index < -0.39 is 0 Å². The van der Waals surface area contributed by atoms with Crippen molar-refractivity contribution in [3.8, 4) is 11.5 Å². The minimum absolute atomic E-state index is 0.478. The average molecular weight is 318 g/mol. The third kappa shape index (κ3) is 2.70. The Balaban J connectivity index is 2.28. The van der Waals surface area contributed by atoms with Crippen LogP contribution in [-0.2, 0) is 0 Å². The molecule has 16 heavy (non-hydrogen) atoms. The second kappa shape index (κ2) is 5.09. The van der Waals surface area contributed by atoms with E-state index >= 15 is 0 Å². The van der Waals surface area contributed by atoms with Crippen molar-refractivity contribution in [3.05, 3.63) is 57.0 Å². The highest BCUT2D eigenvalue weighted by Crippen LogP contribution is 2.32. The van der Waals surface area contributed by atoms with Crippen LogP contribution in [0.5, 0.6) is 11.5 Å². The van der Waals surface area contributed by atoms with Gasteiger partial charge in [-0.2, -0.15) is 0 Å². The van der Waals surface area contributed by atoms with Crippen LogP contribution in [0.1, 0.15) is 0 Å². The van der Waals surface area contributed by atoms with Crippen LogP contribution in [0, 0.1) is 0 Å². The number of benzene rings is 2. The number of rotatable bonds is 2. The largest absolute Gasteiger partial charge is 0.456 e. The SMILES string of the molecule is Clc1ccc(Oc2ccccc2Br)cc1Cl. The molecule has 0 unspecified atom stereocenters. The van der Waals surface area contributed by atoms with Crippen LogP contribution in [0.15, 0.2) is 46.9 Å². The minimum Gasteiger partial charge on any atom is -0.456 e. The highest BCUT2D eigenvalue weighted by atomic mass is 79.9. The van der Waals surface area contributed by atoms with Gasteiger partial charge in [0.25, 0.3) is 0 Å². The molecule has 2 rings (SSSR count). The molecule has 2 aromatic carbocycles. The Kier molecular flexibility index (Phi) is 3.74. The molecule has 0 fully saturated rings. The fourth-order valence-electron chi connectivity index (χ4n) is 1.19. The summed E-state index contributed by atoms with van der Waals surface area (Å²) in [7, 11) is 0. The van der Waals surface area contributed by atoms with E-state index in [0.717, 1.165) is 10.2 Å². The van der Waals surface area contributed by atoms with Crippen LogP contribution in [-0.4, -0.2) is 0 Å². The minimum atomic E-state index is 0.478. The Hall–Kier alpha value is -0.700. The van der Waals surface area contributed by atoms with E-state index in [1.165, 1.54) is 0 Å². The number of hydrogen-bond acceptors (Lipinski definition) is 1. The quantitative estimate of drug-likeness (QED) is 0.705. The van der Waals surface area contributed by atoms with Crippen molar-refractivity contribution in [1.82, 2.24) is 0 Å². The first-order valence-electron chi connectivity index (χ1n) is 4.54. The average Bonchev–Trinajstić information content (AvgIpc) is 2.27. The van der Waals surface area contributed by atoms with Gasteiger partial charge in [-0.05, 0) is 40.2 Å². The molecule has 0 amide bonds. The van der Waals surface area contributed by atoms with E-state index in [1.807, 2.05) is 24.3 Å². The lowest BCUT2D eigenvalue weighted by molar-refractivity contribution is 0.479. The predicted octanol–water partition coefficient (Wildman–Crippen LogP) is 5.55. The maximum absolute atomic E-state index is 5.90. The Labute approximate surface area is 112 Å². The molecule has 0 saturated heterocycles. The molecule has 0 saturated carbocycles. The van der Waals surface area contributed by atoms with Crippen molar-refractivity contribution in [2.75, 3.05) is 0 Å². The lowest BCUT2D eigenvalue weighted by atomic mass is 10.3. The van der Waals surface area contributed by atoms with Gasteiger partial charge in [-0.15, -0.1) is 0 Å². The maximum Gasteiger partial charge on any atom is 0.141 e. The number of ether oxygens (including phenoxy) is 1. The molecule has 0 bridgehead atoms. The van der Waals surface area contributed by atoms with Gasteiger partial charge in [-0.3, -0.25) is 0 Å². The molecule has 0 heterocycles. The summed E-state index contributed by atoms with van der Waals surface area (Å²) in [5.74, 6) is 1.39. The highest BCUT2D eigenvalue weighted by molar-refractivity contribution is 9.10. The van der Waals surface area contributed by atoms with Crippen molar-refractivity contribution in [1.29, 1.82) is 0 Å². The van der Waals surface area contributed by atoms with Crippen LogP contribution in [0.2, 0.25) is 10.0 Å². The smallest absolute Gasteiger partial charge is 0.141 e. The number of para-hydroxylation sites is 1. The molecule has 82 valence electrons. The van der Waals surface area contributed by atoms with Crippen LogP contribution < -0.4 is 4.74 Å². The van der Waals surface area contributed by atoms with Gasteiger partial charge in [0.15, 0.2) is 0 Å². The van der Waals surface area contributed by atoms with Crippen molar-refractivity contribution in [2.24, 2.45) is 0 Å². The first kappa shape index (κ1) is 11.8. The zero-order valence-corrected chi connectivity index (χ0v) is 11.2. The highest BCUT2D eigenvalue weighted by Gasteiger charge is 2.03. The van der Waals surface area contributed by atoms with E-state index in [9.17, 15) is 0 Å². The van der Waals surface area contributed by atoms with E-state index in [2.05, 4.69) is 15.9 Å². The molecule has 0 aliphatic carbocycles. The summed E-state index contributed by atoms with van der Waals surface area (Å²) < 4.78 is 6.54. The lowest BCUT2D eigenvalue weighted by Gasteiger charge is -2.07. The summed E-state index contributed by atoms with van der Waals surface area (Å²) in [4.78, 5) is 0. The first-order valence-corrected chi connectivity index (χ1v) is 6.09. The van der Waals surface area contributed by atoms with E-state index in [1.54, 1.807) is 18.2 Å². The topological polar surface area (TPSA) is 9.23 Å². The Morgan fingerprint density at radius 3 is 2.38 bits per heavy atom. The second-order valence-electron chi connectivity index (χ2n) is 3.11. The summed E-state index contributed by atoms with van der Waals surface area (Å²) in [6.45, 7) is 0. The van der Waals surface area contributed by atoms with E-state index in [0.29, 0.717) is 15.8 Å². The van der Waals surface area contributed by atoms with Gasteiger partial charge >= 0.3 is 0 Å². The molecule has 4 heteroatoms. The van der Waals surface area contributed by atoms with Crippen LogP contribution in [0.3, 0.4) is 0 Å². The first-order chi connectivity index (χ1) is 7.66. The zero-order valence-electron chi connectivity index (χ0n) is 8.08. The molecule has 0 aliphatic rings.